The van der Waals surface area contributed by atoms with Crippen LogP contribution in [0.15, 0.2) is 73.2 Å². The van der Waals surface area contributed by atoms with Gasteiger partial charge in [-0.1, -0.05) is 18.2 Å². The number of urea groups is 1. The second-order valence-corrected chi connectivity index (χ2v) is 8.47. The lowest BCUT2D eigenvalue weighted by Gasteiger charge is -2.37. The number of carbonyl (C=O) groups excluding carboxylic acids is 2. The molecule has 2 aromatic carbocycles. The van der Waals surface area contributed by atoms with Crippen molar-refractivity contribution in [3.8, 4) is 11.1 Å². The van der Waals surface area contributed by atoms with Gasteiger partial charge < -0.3 is 26.6 Å². The van der Waals surface area contributed by atoms with Crippen LogP contribution < -0.4 is 26.6 Å². The summed E-state index contributed by atoms with van der Waals surface area (Å²) in [7, 11) is 0. The molecule has 36 heavy (non-hydrogen) atoms. The summed E-state index contributed by atoms with van der Waals surface area (Å²) in [5.41, 5.74) is 10.4. The molecule has 1 atom stereocenters. The molecule has 2 aromatic heterocycles. The lowest BCUT2D eigenvalue weighted by molar-refractivity contribution is -0.115. The molecule has 1 aliphatic rings. The molecule has 182 valence electrons. The van der Waals surface area contributed by atoms with Crippen molar-refractivity contribution in [1.82, 2.24) is 25.6 Å². The number of benzene rings is 2. The molecular formula is C26H26N8O2. The average Bonchev–Trinajstić information content (AvgIpc) is 2.92. The number of fused-ring (bicyclic) bond motifs is 1. The summed E-state index contributed by atoms with van der Waals surface area (Å²) >= 11 is 0. The van der Waals surface area contributed by atoms with Gasteiger partial charge in [0, 0.05) is 37.7 Å². The summed E-state index contributed by atoms with van der Waals surface area (Å²) in [4.78, 5) is 38.7. The number of rotatable bonds is 6. The lowest BCUT2D eigenvalue weighted by atomic mass is 10.0. The zero-order chi connectivity index (χ0) is 24.9. The van der Waals surface area contributed by atoms with E-state index in [-0.39, 0.29) is 18.5 Å². The molecule has 0 bridgehead atoms. The number of amides is 3. The molecule has 10 nitrogen and oxygen atoms in total. The van der Waals surface area contributed by atoms with Crippen LogP contribution >= 0.6 is 0 Å². The van der Waals surface area contributed by atoms with Crippen LogP contribution in [0.5, 0.6) is 0 Å². The fraction of sp³-hybridized carbons (Fsp3) is 0.192. The number of nitrogens with one attached hydrogen (secondary N) is 3. The lowest BCUT2D eigenvalue weighted by Crippen LogP contribution is -2.46. The molecule has 4 aromatic rings. The Kier molecular flexibility index (Phi) is 6.67. The highest BCUT2D eigenvalue weighted by atomic mass is 16.2. The molecule has 1 saturated heterocycles. The van der Waals surface area contributed by atoms with Gasteiger partial charge in [-0.15, -0.1) is 0 Å². The van der Waals surface area contributed by atoms with Gasteiger partial charge in [0.1, 0.15) is 5.82 Å². The molecule has 1 fully saturated rings. The Morgan fingerprint density at radius 2 is 1.81 bits per heavy atom. The highest BCUT2D eigenvalue weighted by Gasteiger charge is 2.25. The van der Waals surface area contributed by atoms with E-state index in [9.17, 15) is 9.59 Å². The number of nitrogens with zero attached hydrogens (tertiary/aromatic N) is 4. The highest BCUT2D eigenvalue weighted by Crippen LogP contribution is 2.29. The first-order valence-corrected chi connectivity index (χ1v) is 11.6. The molecule has 1 unspecified atom stereocenters. The third-order valence-electron chi connectivity index (χ3n) is 6.08. The number of hydrogen-bond acceptors (Lipinski definition) is 7. The van der Waals surface area contributed by atoms with Gasteiger partial charge in [0.25, 0.3) is 0 Å². The predicted molar refractivity (Wildman–Crippen MR) is 138 cm³/mol. The third kappa shape index (κ3) is 5.23. The van der Waals surface area contributed by atoms with E-state index in [1.807, 2.05) is 73.2 Å². The minimum atomic E-state index is -0.743. The van der Waals surface area contributed by atoms with Gasteiger partial charge in [0.2, 0.25) is 5.91 Å². The van der Waals surface area contributed by atoms with E-state index < -0.39 is 6.03 Å². The summed E-state index contributed by atoms with van der Waals surface area (Å²) in [6.07, 6.45) is 5.47. The SMILES string of the molecule is NC(=O)NCC(=O)Nc1ccc(-c2ccc3ncc(N4CCNCC4c4ccncc4)nc3c2)cc1. The van der Waals surface area contributed by atoms with Crippen LogP contribution in [0.2, 0.25) is 0 Å². The standard InChI is InChI=1S/C26H26N8O2/c27-26(36)31-16-25(35)32-20-4-1-17(2-5-20)19-3-6-21-22(13-19)33-24(15-30-21)34-12-11-29-14-23(34)18-7-9-28-10-8-18/h1-10,13,15,23,29H,11-12,14,16H2,(H,32,35)(H3,27,31,36). The van der Waals surface area contributed by atoms with E-state index in [2.05, 4.69) is 30.8 Å². The van der Waals surface area contributed by atoms with E-state index in [0.717, 1.165) is 47.6 Å². The normalized spacial score (nSPS) is 15.4. The van der Waals surface area contributed by atoms with Gasteiger partial charge in [0.15, 0.2) is 0 Å². The van der Waals surface area contributed by atoms with Gasteiger partial charge in [-0.2, -0.15) is 0 Å². The first-order chi connectivity index (χ1) is 17.6. The number of carbonyl (C=O) groups is 2. The molecule has 0 radical (unpaired) electrons. The summed E-state index contributed by atoms with van der Waals surface area (Å²) in [5, 5.41) is 8.45. The zero-order valence-electron chi connectivity index (χ0n) is 19.5. The Labute approximate surface area is 208 Å². The first kappa shape index (κ1) is 23.2. The van der Waals surface area contributed by atoms with Crippen LogP contribution in [0, 0.1) is 0 Å². The van der Waals surface area contributed by atoms with Crippen molar-refractivity contribution in [3.05, 3.63) is 78.8 Å². The van der Waals surface area contributed by atoms with Crippen molar-refractivity contribution < 1.29 is 9.59 Å². The number of aromatic nitrogens is 3. The van der Waals surface area contributed by atoms with Gasteiger partial charge in [-0.3, -0.25) is 14.8 Å². The van der Waals surface area contributed by atoms with Gasteiger partial charge in [0.05, 0.1) is 29.8 Å². The van der Waals surface area contributed by atoms with Crippen molar-refractivity contribution in [2.75, 3.05) is 36.4 Å². The smallest absolute Gasteiger partial charge is 0.312 e. The second kappa shape index (κ2) is 10.4. The maximum absolute atomic E-state index is 11.9. The van der Waals surface area contributed by atoms with E-state index in [1.165, 1.54) is 5.56 Å². The molecule has 0 spiro atoms. The molecule has 0 aliphatic carbocycles. The van der Waals surface area contributed by atoms with Crippen molar-refractivity contribution in [3.63, 3.8) is 0 Å². The average molecular weight is 483 g/mol. The fourth-order valence-electron chi connectivity index (χ4n) is 4.30. The van der Waals surface area contributed by atoms with Crippen LogP contribution in [0.25, 0.3) is 22.2 Å². The number of hydrogen-bond donors (Lipinski definition) is 4. The molecule has 3 heterocycles. The zero-order valence-corrected chi connectivity index (χ0v) is 19.5. The Balaban J connectivity index is 1.37. The topological polar surface area (TPSA) is 138 Å². The molecule has 0 saturated carbocycles. The number of nitrogens with two attached hydrogens (primary N) is 1. The quantitative estimate of drug-likeness (QED) is 0.331. The van der Waals surface area contributed by atoms with E-state index >= 15 is 0 Å². The van der Waals surface area contributed by atoms with Gasteiger partial charge >= 0.3 is 6.03 Å². The Morgan fingerprint density at radius 1 is 1.03 bits per heavy atom. The summed E-state index contributed by atoms with van der Waals surface area (Å²) in [6.45, 7) is 2.35. The minimum Gasteiger partial charge on any atom is -0.352 e. The second-order valence-electron chi connectivity index (χ2n) is 8.47. The Bertz CT molecular complexity index is 1380. The maximum atomic E-state index is 11.9. The monoisotopic (exact) mass is 482 g/mol. The van der Waals surface area contributed by atoms with Crippen LogP contribution in [0.4, 0.5) is 16.3 Å². The van der Waals surface area contributed by atoms with Crippen molar-refractivity contribution >= 4 is 34.5 Å². The number of piperazine rings is 1. The van der Waals surface area contributed by atoms with E-state index in [0.29, 0.717) is 5.69 Å². The largest absolute Gasteiger partial charge is 0.352 e. The summed E-state index contributed by atoms with van der Waals surface area (Å²) < 4.78 is 0. The van der Waals surface area contributed by atoms with Crippen molar-refractivity contribution in [2.45, 2.75) is 6.04 Å². The van der Waals surface area contributed by atoms with Crippen molar-refractivity contribution in [2.24, 2.45) is 5.73 Å². The summed E-state index contributed by atoms with van der Waals surface area (Å²) in [5.74, 6) is 0.485. The van der Waals surface area contributed by atoms with E-state index in [1.54, 1.807) is 0 Å². The number of primary amides is 1. The Hall–Kier alpha value is -4.57. The molecule has 1 aliphatic heterocycles. The Morgan fingerprint density at radius 3 is 2.58 bits per heavy atom. The fourth-order valence-corrected chi connectivity index (χ4v) is 4.30. The van der Waals surface area contributed by atoms with Crippen LogP contribution in [-0.2, 0) is 4.79 Å². The predicted octanol–water partition coefficient (Wildman–Crippen LogP) is 2.45. The first-order valence-electron chi connectivity index (χ1n) is 11.6. The molecule has 3 amide bonds. The molecule has 5 rings (SSSR count). The molecular weight excluding hydrogens is 456 g/mol. The highest BCUT2D eigenvalue weighted by molar-refractivity contribution is 5.94. The van der Waals surface area contributed by atoms with Crippen LogP contribution in [0.3, 0.4) is 0 Å². The van der Waals surface area contributed by atoms with Crippen LogP contribution in [-0.4, -0.2) is 53.1 Å². The third-order valence-corrected chi connectivity index (χ3v) is 6.08. The van der Waals surface area contributed by atoms with Crippen LogP contribution in [0.1, 0.15) is 11.6 Å². The molecule has 5 N–H and O–H groups in total. The maximum Gasteiger partial charge on any atom is 0.312 e. The van der Waals surface area contributed by atoms with Gasteiger partial charge in [-0.25, -0.2) is 9.78 Å². The number of pyridine rings is 1. The summed E-state index contributed by atoms with van der Waals surface area (Å²) in [6, 6.07) is 16.9. The molecule has 10 heteroatoms. The van der Waals surface area contributed by atoms with Crippen molar-refractivity contribution in [1.29, 1.82) is 0 Å². The number of anilines is 2. The van der Waals surface area contributed by atoms with E-state index in [4.69, 9.17) is 10.7 Å². The minimum absolute atomic E-state index is 0.151. The van der Waals surface area contributed by atoms with Gasteiger partial charge in [-0.05, 0) is 53.1 Å².